The Morgan fingerprint density at radius 2 is 1.69 bits per heavy atom. The molecule has 7 nitrogen and oxygen atoms in total. The number of methoxy groups -OCH3 is 1. The Morgan fingerprint density at radius 1 is 1.00 bits per heavy atom. The Labute approximate surface area is 150 Å². The fourth-order valence-corrected chi connectivity index (χ4v) is 2.46. The number of nitrogens with zero attached hydrogens (tertiary/aromatic N) is 2. The van der Waals surface area contributed by atoms with E-state index in [1.54, 1.807) is 18.2 Å². The third-order valence-electron chi connectivity index (χ3n) is 3.62. The molecule has 3 N–H and O–H groups in total. The molecule has 2 aromatic carbocycles. The molecule has 0 aliphatic rings. The molecule has 0 radical (unpaired) electrons. The number of aliphatic carboxylic acids is 1. The van der Waals surface area contributed by atoms with Gasteiger partial charge in [0.1, 0.15) is 0 Å². The summed E-state index contributed by atoms with van der Waals surface area (Å²) in [4.78, 5) is 19.2. The molecule has 0 atom stereocenters. The predicted molar refractivity (Wildman–Crippen MR) is 97.0 cm³/mol. The van der Waals surface area contributed by atoms with Gasteiger partial charge in [-0.3, -0.25) is 0 Å². The van der Waals surface area contributed by atoms with Gasteiger partial charge in [0, 0.05) is 11.1 Å². The largest absolute Gasteiger partial charge is 0.493 e. The predicted octanol–water partition coefficient (Wildman–Crippen LogP) is 2.86. The van der Waals surface area contributed by atoms with Gasteiger partial charge in [0.25, 0.3) is 0 Å². The normalized spacial score (nSPS) is 10.3. The maximum atomic E-state index is 10.7. The highest BCUT2D eigenvalue weighted by molar-refractivity contribution is 5.71. The van der Waals surface area contributed by atoms with Gasteiger partial charge in [0.15, 0.2) is 18.1 Å². The maximum absolute atomic E-state index is 10.7. The number of nitrogen functional groups attached to an aromatic ring is 1. The number of nitrogens with two attached hydrogens (primary N) is 1. The smallest absolute Gasteiger partial charge is 0.341 e. The van der Waals surface area contributed by atoms with Crippen LogP contribution >= 0.6 is 0 Å². The number of aromatic nitrogens is 2. The lowest BCUT2D eigenvalue weighted by Gasteiger charge is -2.11. The van der Waals surface area contributed by atoms with E-state index in [0.29, 0.717) is 22.9 Å². The SMILES string of the molecule is COc1cc(-c2cc(-c3ccccc3)nc(N)n2)ccc1OCC(=O)O. The molecule has 0 amide bonds. The first-order valence-corrected chi connectivity index (χ1v) is 7.80. The van der Waals surface area contributed by atoms with E-state index >= 15 is 0 Å². The van der Waals surface area contributed by atoms with Gasteiger partial charge in [-0.25, -0.2) is 14.8 Å². The molecule has 0 saturated carbocycles. The molecule has 0 aliphatic carbocycles. The van der Waals surface area contributed by atoms with E-state index in [1.165, 1.54) is 7.11 Å². The zero-order valence-electron chi connectivity index (χ0n) is 14.0. The van der Waals surface area contributed by atoms with Crippen LogP contribution < -0.4 is 15.2 Å². The van der Waals surface area contributed by atoms with Gasteiger partial charge in [0.05, 0.1) is 18.5 Å². The first-order chi connectivity index (χ1) is 12.6. The number of hydrogen-bond donors (Lipinski definition) is 2. The second-order valence-corrected chi connectivity index (χ2v) is 5.41. The van der Waals surface area contributed by atoms with E-state index in [4.69, 9.17) is 20.3 Å². The highest BCUT2D eigenvalue weighted by Gasteiger charge is 2.12. The molecule has 0 fully saturated rings. The molecule has 3 rings (SSSR count). The monoisotopic (exact) mass is 351 g/mol. The molecular weight excluding hydrogens is 334 g/mol. The fourth-order valence-electron chi connectivity index (χ4n) is 2.46. The minimum atomic E-state index is -1.06. The summed E-state index contributed by atoms with van der Waals surface area (Å²) in [6, 6.07) is 16.6. The van der Waals surface area contributed by atoms with Gasteiger partial charge in [0.2, 0.25) is 5.95 Å². The Morgan fingerprint density at radius 3 is 2.35 bits per heavy atom. The number of carbonyl (C=O) groups is 1. The van der Waals surface area contributed by atoms with Crippen LogP contribution in [0.25, 0.3) is 22.5 Å². The van der Waals surface area contributed by atoms with Crippen molar-refractivity contribution in [3.63, 3.8) is 0 Å². The third-order valence-corrected chi connectivity index (χ3v) is 3.62. The van der Waals surface area contributed by atoms with Crippen molar-refractivity contribution in [3.8, 4) is 34.0 Å². The van der Waals surface area contributed by atoms with Gasteiger partial charge < -0.3 is 20.3 Å². The van der Waals surface area contributed by atoms with Crippen LogP contribution in [0, 0.1) is 0 Å². The molecule has 26 heavy (non-hydrogen) atoms. The number of rotatable bonds is 6. The number of benzene rings is 2. The zero-order chi connectivity index (χ0) is 18.5. The number of ether oxygens (including phenoxy) is 2. The lowest BCUT2D eigenvalue weighted by Crippen LogP contribution is -2.10. The molecule has 1 aromatic heterocycles. The van der Waals surface area contributed by atoms with Crippen LogP contribution in [-0.4, -0.2) is 34.8 Å². The highest BCUT2D eigenvalue weighted by Crippen LogP contribution is 2.33. The maximum Gasteiger partial charge on any atom is 0.341 e. The Bertz CT molecular complexity index is 929. The summed E-state index contributed by atoms with van der Waals surface area (Å²) in [6.07, 6.45) is 0. The molecular formula is C19H17N3O4. The van der Waals surface area contributed by atoms with Crippen LogP contribution in [0.2, 0.25) is 0 Å². The van der Waals surface area contributed by atoms with E-state index in [9.17, 15) is 4.79 Å². The van der Waals surface area contributed by atoms with Crippen LogP contribution in [0.3, 0.4) is 0 Å². The first-order valence-electron chi connectivity index (χ1n) is 7.80. The topological polar surface area (TPSA) is 108 Å². The minimum absolute atomic E-state index is 0.159. The summed E-state index contributed by atoms with van der Waals surface area (Å²) >= 11 is 0. The summed E-state index contributed by atoms with van der Waals surface area (Å²) in [5, 5.41) is 8.74. The van der Waals surface area contributed by atoms with Crippen LogP contribution in [0.4, 0.5) is 5.95 Å². The number of carboxylic acid groups (broad SMARTS) is 1. The van der Waals surface area contributed by atoms with Crippen LogP contribution in [0.15, 0.2) is 54.6 Å². The van der Waals surface area contributed by atoms with E-state index in [-0.39, 0.29) is 5.95 Å². The molecule has 0 unspecified atom stereocenters. The standard InChI is InChI=1S/C19H17N3O4/c1-25-17-9-13(7-8-16(17)26-11-18(23)24)15-10-14(21-19(20)22-15)12-5-3-2-4-6-12/h2-10H,11H2,1H3,(H,23,24)(H2,20,21,22). The average molecular weight is 351 g/mol. The molecule has 7 heteroatoms. The van der Waals surface area contributed by atoms with Crippen molar-refractivity contribution < 1.29 is 19.4 Å². The lowest BCUT2D eigenvalue weighted by atomic mass is 10.1. The Hall–Kier alpha value is -3.61. The van der Waals surface area contributed by atoms with E-state index < -0.39 is 12.6 Å². The van der Waals surface area contributed by atoms with Crippen molar-refractivity contribution >= 4 is 11.9 Å². The molecule has 0 spiro atoms. The van der Waals surface area contributed by atoms with Gasteiger partial charge in [-0.05, 0) is 24.3 Å². The molecule has 0 aliphatic heterocycles. The average Bonchev–Trinajstić information content (AvgIpc) is 2.66. The molecule has 0 bridgehead atoms. The van der Waals surface area contributed by atoms with Crippen molar-refractivity contribution in [2.45, 2.75) is 0 Å². The van der Waals surface area contributed by atoms with E-state index in [2.05, 4.69) is 9.97 Å². The first kappa shape index (κ1) is 17.2. The van der Waals surface area contributed by atoms with E-state index in [1.807, 2.05) is 36.4 Å². The van der Waals surface area contributed by atoms with Gasteiger partial charge in [-0.1, -0.05) is 30.3 Å². The van der Waals surface area contributed by atoms with Crippen molar-refractivity contribution in [2.75, 3.05) is 19.5 Å². The van der Waals surface area contributed by atoms with Crippen molar-refractivity contribution in [1.29, 1.82) is 0 Å². The van der Waals surface area contributed by atoms with Crippen molar-refractivity contribution in [2.24, 2.45) is 0 Å². The summed E-state index contributed by atoms with van der Waals surface area (Å²) in [6.45, 7) is -0.450. The van der Waals surface area contributed by atoms with Crippen LogP contribution in [0.5, 0.6) is 11.5 Å². The molecule has 132 valence electrons. The minimum Gasteiger partial charge on any atom is -0.493 e. The second-order valence-electron chi connectivity index (χ2n) is 5.41. The third kappa shape index (κ3) is 3.89. The van der Waals surface area contributed by atoms with Crippen molar-refractivity contribution in [3.05, 3.63) is 54.6 Å². The summed E-state index contributed by atoms with van der Waals surface area (Å²) in [7, 11) is 1.48. The molecule has 0 saturated heterocycles. The molecule has 3 aromatic rings. The quantitative estimate of drug-likeness (QED) is 0.703. The zero-order valence-corrected chi connectivity index (χ0v) is 14.0. The van der Waals surface area contributed by atoms with Gasteiger partial charge >= 0.3 is 5.97 Å². The van der Waals surface area contributed by atoms with Gasteiger partial charge in [-0.2, -0.15) is 0 Å². The summed E-state index contributed by atoms with van der Waals surface area (Å²) in [5.74, 6) is -0.162. The number of carboxylic acids is 1. The van der Waals surface area contributed by atoms with Crippen LogP contribution in [0.1, 0.15) is 0 Å². The van der Waals surface area contributed by atoms with Gasteiger partial charge in [-0.15, -0.1) is 0 Å². The van der Waals surface area contributed by atoms with Crippen molar-refractivity contribution in [1.82, 2.24) is 9.97 Å². The Balaban J connectivity index is 1.98. The summed E-state index contributed by atoms with van der Waals surface area (Å²) < 4.78 is 10.5. The number of anilines is 1. The summed E-state index contributed by atoms with van der Waals surface area (Å²) in [5.41, 5.74) is 8.88. The Kier molecular flexibility index (Phi) is 4.98. The lowest BCUT2D eigenvalue weighted by molar-refractivity contribution is -0.139. The second kappa shape index (κ2) is 7.52. The van der Waals surface area contributed by atoms with E-state index in [0.717, 1.165) is 11.1 Å². The van der Waals surface area contributed by atoms with Crippen LogP contribution in [-0.2, 0) is 4.79 Å². The highest BCUT2D eigenvalue weighted by atomic mass is 16.5. The fraction of sp³-hybridized carbons (Fsp3) is 0.105. The number of hydrogen-bond acceptors (Lipinski definition) is 6. The molecule has 1 heterocycles.